The minimum Gasteiger partial charge on any atom is -0.359 e. The monoisotopic (exact) mass is 286 g/mol. The molecule has 112 valence electrons. The smallest absolute Gasteiger partial charge is 0.293 e. The summed E-state index contributed by atoms with van der Waals surface area (Å²) in [7, 11) is 0. The summed E-state index contributed by atoms with van der Waals surface area (Å²) in [6.07, 6.45) is 3.35. The van der Waals surface area contributed by atoms with Gasteiger partial charge < -0.3 is 15.6 Å². The van der Waals surface area contributed by atoms with Crippen LogP contribution in [0.2, 0.25) is 0 Å². The zero-order valence-corrected chi connectivity index (χ0v) is 12.7. The molecule has 0 amide bonds. The average Bonchev–Trinajstić information content (AvgIpc) is 2.49. The third-order valence-electron chi connectivity index (χ3n) is 3.49. The van der Waals surface area contributed by atoms with Gasteiger partial charge in [-0.05, 0) is 31.9 Å². The molecular weight excluding hydrogens is 264 g/mol. The molecule has 0 aliphatic rings. The molecule has 0 spiro atoms. The van der Waals surface area contributed by atoms with Gasteiger partial charge in [0.25, 0.3) is 5.56 Å². The number of nitrogens with zero attached hydrogens (tertiary/aromatic N) is 2. The summed E-state index contributed by atoms with van der Waals surface area (Å²) >= 11 is 0. The number of hydrogen-bond acceptors (Lipinski definition) is 4. The molecule has 2 aromatic rings. The molecule has 1 unspecified atom stereocenters. The molecule has 0 radical (unpaired) electrons. The van der Waals surface area contributed by atoms with Crippen molar-refractivity contribution in [2.45, 2.75) is 39.4 Å². The lowest BCUT2D eigenvalue weighted by Gasteiger charge is -2.16. The molecule has 2 rings (SSSR count). The lowest BCUT2D eigenvalue weighted by atomic mass is 10.1. The fourth-order valence-corrected chi connectivity index (χ4v) is 2.16. The van der Waals surface area contributed by atoms with Crippen LogP contribution in [0.3, 0.4) is 0 Å². The summed E-state index contributed by atoms with van der Waals surface area (Å²) in [5.74, 6) is 0.376. The molecule has 0 bridgehead atoms. The number of rotatable bonds is 5. The first-order valence-corrected chi connectivity index (χ1v) is 7.15. The van der Waals surface area contributed by atoms with Crippen LogP contribution in [-0.4, -0.2) is 9.55 Å². The fraction of sp³-hybridized carbons (Fsp3) is 0.375. The van der Waals surface area contributed by atoms with E-state index in [1.54, 1.807) is 17.0 Å². The maximum atomic E-state index is 12.3. The van der Waals surface area contributed by atoms with E-state index in [-0.39, 0.29) is 17.6 Å². The Morgan fingerprint density at radius 2 is 1.90 bits per heavy atom. The molecule has 3 N–H and O–H groups in total. The highest BCUT2D eigenvalue weighted by molar-refractivity contribution is 5.36. The summed E-state index contributed by atoms with van der Waals surface area (Å²) in [6.45, 7) is 6.48. The van der Waals surface area contributed by atoms with E-state index in [9.17, 15) is 4.79 Å². The Morgan fingerprint density at radius 3 is 2.48 bits per heavy atom. The first-order chi connectivity index (χ1) is 10.0. The van der Waals surface area contributed by atoms with E-state index < -0.39 is 0 Å². The Morgan fingerprint density at radius 1 is 1.24 bits per heavy atom. The number of anilines is 1. The summed E-state index contributed by atoms with van der Waals surface area (Å²) in [6, 6.07) is 8.14. The number of hydrogen-bond donors (Lipinski definition) is 2. The van der Waals surface area contributed by atoms with Gasteiger partial charge in [-0.2, -0.15) is 0 Å². The minimum absolute atomic E-state index is 0.0000340. The Kier molecular flexibility index (Phi) is 4.75. The predicted octanol–water partition coefficient (Wildman–Crippen LogP) is 2.46. The van der Waals surface area contributed by atoms with E-state index in [1.807, 2.05) is 45.0 Å². The van der Waals surface area contributed by atoms with Crippen molar-refractivity contribution < 1.29 is 0 Å². The van der Waals surface area contributed by atoms with Crippen LogP contribution in [0.5, 0.6) is 0 Å². The highest BCUT2D eigenvalue weighted by Gasteiger charge is 2.11. The quantitative estimate of drug-likeness (QED) is 0.885. The zero-order valence-electron chi connectivity index (χ0n) is 12.7. The topological polar surface area (TPSA) is 72.9 Å². The summed E-state index contributed by atoms with van der Waals surface area (Å²) in [5.41, 5.74) is 7.68. The molecular formula is C16H22N4O. The molecule has 1 atom stereocenters. The Balaban J connectivity index is 2.21. The number of benzene rings is 1. The first-order valence-electron chi connectivity index (χ1n) is 7.15. The van der Waals surface area contributed by atoms with Crippen molar-refractivity contribution in [3.63, 3.8) is 0 Å². The van der Waals surface area contributed by atoms with Gasteiger partial charge >= 0.3 is 0 Å². The van der Waals surface area contributed by atoms with Gasteiger partial charge in [-0.15, -0.1) is 0 Å². The predicted molar refractivity (Wildman–Crippen MR) is 85.3 cm³/mol. The summed E-state index contributed by atoms with van der Waals surface area (Å²) in [5, 5.41) is 3.18. The van der Waals surface area contributed by atoms with Gasteiger partial charge in [-0.25, -0.2) is 4.98 Å². The van der Waals surface area contributed by atoms with E-state index in [0.717, 1.165) is 11.1 Å². The van der Waals surface area contributed by atoms with Crippen LogP contribution in [0.1, 0.15) is 44.0 Å². The van der Waals surface area contributed by atoms with Gasteiger partial charge in [-0.3, -0.25) is 4.79 Å². The van der Waals surface area contributed by atoms with Gasteiger partial charge in [0, 0.05) is 25.0 Å². The largest absolute Gasteiger partial charge is 0.359 e. The molecule has 0 saturated heterocycles. The summed E-state index contributed by atoms with van der Waals surface area (Å²) in [4.78, 5) is 16.5. The van der Waals surface area contributed by atoms with Gasteiger partial charge in [0.15, 0.2) is 5.82 Å². The normalized spacial score (nSPS) is 12.4. The van der Waals surface area contributed by atoms with Crippen LogP contribution < -0.4 is 16.6 Å². The molecule has 5 nitrogen and oxygen atoms in total. The Hall–Kier alpha value is -2.14. The molecule has 5 heteroatoms. The van der Waals surface area contributed by atoms with Crippen LogP contribution in [0.15, 0.2) is 41.5 Å². The standard InChI is InChI=1S/C16H22N4O/c1-11(2)20-9-8-18-15(16(20)21)19-12(3)14-6-4-13(10-17)5-7-14/h4-9,11-12H,10,17H2,1-3H3,(H,18,19). The molecule has 0 aliphatic carbocycles. The highest BCUT2D eigenvalue weighted by Crippen LogP contribution is 2.17. The van der Waals surface area contributed by atoms with Crippen molar-refractivity contribution in [2.75, 3.05) is 5.32 Å². The fourth-order valence-electron chi connectivity index (χ4n) is 2.16. The van der Waals surface area contributed by atoms with E-state index in [0.29, 0.717) is 12.4 Å². The highest BCUT2D eigenvalue weighted by atomic mass is 16.1. The van der Waals surface area contributed by atoms with Crippen molar-refractivity contribution in [1.82, 2.24) is 9.55 Å². The van der Waals surface area contributed by atoms with E-state index >= 15 is 0 Å². The number of nitrogens with one attached hydrogen (secondary N) is 1. The van der Waals surface area contributed by atoms with Crippen molar-refractivity contribution in [3.8, 4) is 0 Å². The third-order valence-corrected chi connectivity index (χ3v) is 3.49. The van der Waals surface area contributed by atoms with Crippen molar-refractivity contribution in [2.24, 2.45) is 5.73 Å². The second kappa shape index (κ2) is 6.54. The van der Waals surface area contributed by atoms with E-state index in [2.05, 4.69) is 10.3 Å². The lowest BCUT2D eigenvalue weighted by Crippen LogP contribution is -2.26. The molecule has 0 aliphatic heterocycles. The van der Waals surface area contributed by atoms with Gasteiger partial charge in [-0.1, -0.05) is 24.3 Å². The van der Waals surface area contributed by atoms with Crippen LogP contribution in [-0.2, 0) is 6.54 Å². The van der Waals surface area contributed by atoms with Crippen LogP contribution in [0, 0.1) is 0 Å². The Labute approximate surface area is 124 Å². The van der Waals surface area contributed by atoms with Crippen molar-refractivity contribution >= 4 is 5.82 Å². The number of aromatic nitrogens is 2. The number of nitrogens with two attached hydrogens (primary N) is 1. The van der Waals surface area contributed by atoms with E-state index in [1.165, 1.54) is 0 Å². The van der Waals surface area contributed by atoms with E-state index in [4.69, 9.17) is 5.73 Å². The maximum Gasteiger partial charge on any atom is 0.293 e. The average molecular weight is 286 g/mol. The molecule has 1 heterocycles. The Bertz CT molecular complexity index is 646. The SMILES string of the molecule is CC(Nc1nccn(C(C)C)c1=O)c1ccc(CN)cc1. The van der Waals surface area contributed by atoms with Crippen LogP contribution >= 0.6 is 0 Å². The second-order valence-corrected chi connectivity index (χ2v) is 5.39. The molecule has 21 heavy (non-hydrogen) atoms. The molecule has 1 aromatic carbocycles. The molecule has 0 saturated carbocycles. The van der Waals surface area contributed by atoms with Gasteiger partial charge in [0.05, 0.1) is 6.04 Å². The van der Waals surface area contributed by atoms with Crippen LogP contribution in [0.4, 0.5) is 5.82 Å². The minimum atomic E-state index is -0.0991. The van der Waals surface area contributed by atoms with Crippen LogP contribution in [0.25, 0.3) is 0 Å². The van der Waals surface area contributed by atoms with Crippen molar-refractivity contribution in [3.05, 3.63) is 58.1 Å². The lowest BCUT2D eigenvalue weighted by molar-refractivity contribution is 0.574. The first kappa shape index (κ1) is 15.3. The zero-order chi connectivity index (χ0) is 15.4. The summed E-state index contributed by atoms with van der Waals surface area (Å²) < 4.78 is 1.67. The second-order valence-electron chi connectivity index (χ2n) is 5.39. The van der Waals surface area contributed by atoms with Crippen molar-refractivity contribution in [1.29, 1.82) is 0 Å². The third kappa shape index (κ3) is 3.49. The maximum absolute atomic E-state index is 12.3. The molecule has 0 fully saturated rings. The van der Waals surface area contributed by atoms with Gasteiger partial charge in [0.1, 0.15) is 0 Å². The molecule has 1 aromatic heterocycles. The van der Waals surface area contributed by atoms with Gasteiger partial charge in [0.2, 0.25) is 0 Å².